The lowest BCUT2D eigenvalue weighted by Gasteiger charge is -2.08. The lowest BCUT2D eigenvalue weighted by molar-refractivity contribution is 0.0950. The molecule has 7 heteroatoms. The first kappa shape index (κ1) is 20.4. The predicted octanol–water partition coefficient (Wildman–Crippen LogP) is 4.30. The molecule has 162 valence electrons. The molecule has 7 nitrogen and oxygen atoms in total. The summed E-state index contributed by atoms with van der Waals surface area (Å²) in [5, 5.41) is 10.6. The Morgan fingerprint density at radius 1 is 0.818 bits per heavy atom. The maximum atomic E-state index is 12.8. The van der Waals surface area contributed by atoms with Crippen molar-refractivity contribution < 1.29 is 4.79 Å². The van der Waals surface area contributed by atoms with Crippen molar-refractivity contribution in [2.24, 2.45) is 0 Å². The van der Waals surface area contributed by atoms with Crippen LogP contribution in [0, 0.1) is 0 Å². The molecule has 0 radical (unpaired) electrons. The minimum absolute atomic E-state index is 0.247. The van der Waals surface area contributed by atoms with Gasteiger partial charge in [0.05, 0.1) is 11.4 Å². The van der Waals surface area contributed by atoms with Gasteiger partial charge in [0.15, 0.2) is 11.3 Å². The quantitative estimate of drug-likeness (QED) is 0.373. The number of amides is 1. The summed E-state index contributed by atoms with van der Waals surface area (Å²) in [6.45, 7) is 0.999. The van der Waals surface area contributed by atoms with Crippen LogP contribution in [0.25, 0.3) is 28.2 Å². The average molecular weight is 435 g/mol. The van der Waals surface area contributed by atoms with Crippen molar-refractivity contribution in [1.29, 1.82) is 0 Å². The fourth-order valence-electron chi connectivity index (χ4n) is 3.58. The van der Waals surface area contributed by atoms with E-state index in [-0.39, 0.29) is 5.91 Å². The number of rotatable bonds is 7. The van der Waals surface area contributed by atoms with Crippen LogP contribution in [0.4, 0.5) is 5.82 Å². The highest BCUT2D eigenvalue weighted by atomic mass is 16.1. The van der Waals surface area contributed by atoms with Crippen LogP contribution >= 0.6 is 0 Å². The Labute approximate surface area is 191 Å². The molecule has 0 atom stereocenters. The molecule has 0 aliphatic rings. The molecule has 0 saturated carbocycles. The Bertz CT molecular complexity index is 1370. The third-order valence-corrected chi connectivity index (χ3v) is 5.18. The molecule has 0 aliphatic heterocycles. The molecule has 5 aromatic rings. The number of hydrogen-bond donors (Lipinski definition) is 2. The molecule has 1 amide bonds. The van der Waals surface area contributed by atoms with Crippen molar-refractivity contribution in [2.45, 2.75) is 0 Å². The number of fused-ring (bicyclic) bond motifs is 1. The number of pyridine rings is 1. The van der Waals surface area contributed by atoms with Gasteiger partial charge in [-0.2, -0.15) is 5.10 Å². The lowest BCUT2D eigenvalue weighted by atomic mass is 10.1. The number of carbonyl (C=O) groups is 1. The summed E-state index contributed by atoms with van der Waals surface area (Å²) in [6.07, 6.45) is 1.72. The molecular weight excluding hydrogens is 412 g/mol. The molecule has 33 heavy (non-hydrogen) atoms. The molecule has 0 bridgehead atoms. The van der Waals surface area contributed by atoms with Crippen molar-refractivity contribution >= 4 is 17.4 Å². The predicted molar refractivity (Wildman–Crippen MR) is 129 cm³/mol. The molecule has 2 N–H and O–H groups in total. The van der Waals surface area contributed by atoms with Crippen LogP contribution in [0.2, 0.25) is 0 Å². The van der Waals surface area contributed by atoms with Gasteiger partial charge < -0.3 is 10.6 Å². The summed E-state index contributed by atoms with van der Waals surface area (Å²) in [4.78, 5) is 21.7. The molecule has 3 heterocycles. The normalized spacial score (nSPS) is 10.8. The first-order valence-corrected chi connectivity index (χ1v) is 10.7. The number of hydrogen-bond acceptors (Lipinski definition) is 5. The van der Waals surface area contributed by atoms with Gasteiger partial charge in [0, 0.05) is 36.5 Å². The monoisotopic (exact) mass is 434 g/mol. The van der Waals surface area contributed by atoms with E-state index >= 15 is 0 Å². The van der Waals surface area contributed by atoms with Crippen LogP contribution in [-0.2, 0) is 0 Å². The summed E-state index contributed by atoms with van der Waals surface area (Å²) in [6, 6.07) is 29.3. The van der Waals surface area contributed by atoms with Crippen LogP contribution in [0.3, 0.4) is 0 Å². The highest BCUT2D eigenvalue weighted by Crippen LogP contribution is 2.26. The smallest absolute Gasteiger partial charge is 0.271 e. The topological polar surface area (TPSA) is 84.2 Å². The summed E-state index contributed by atoms with van der Waals surface area (Å²) >= 11 is 0. The molecule has 0 unspecified atom stereocenters. The van der Waals surface area contributed by atoms with Crippen molar-refractivity contribution in [2.75, 3.05) is 18.4 Å². The number of anilines is 1. The van der Waals surface area contributed by atoms with Gasteiger partial charge in [0.25, 0.3) is 5.91 Å². The molecule has 5 rings (SSSR count). The Balaban J connectivity index is 1.42. The number of nitrogens with one attached hydrogen (secondary N) is 2. The van der Waals surface area contributed by atoms with Gasteiger partial charge in [-0.15, -0.1) is 0 Å². The van der Waals surface area contributed by atoms with Gasteiger partial charge in [-0.25, -0.2) is 14.5 Å². The average Bonchev–Trinajstić information content (AvgIpc) is 3.32. The fourth-order valence-corrected chi connectivity index (χ4v) is 3.58. The molecular formula is C26H22N6O. The van der Waals surface area contributed by atoms with Gasteiger partial charge in [-0.05, 0) is 18.2 Å². The zero-order valence-corrected chi connectivity index (χ0v) is 17.8. The fraction of sp³-hybridized carbons (Fsp3) is 0.0769. The molecule has 0 saturated heterocycles. The Kier molecular flexibility index (Phi) is 5.75. The third-order valence-electron chi connectivity index (χ3n) is 5.18. The molecule has 0 aliphatic carbocycles. The summed E-state index contributed by atoms with van der Waals surface area (Å²) in [5.74, 6) is 0.521. The molecule has 2 aromatic carbocycles. The molecule has 0 spiro atoms. The third kappa shape index (κ3) is 4.57. The van der Waals surface area contributed by atoms with E-state index in [0.717, 1.165) is 28.3 Å². The van der Waals surface area contributed by atoms with Gasteiger partial charge in [-0.1, -0.05) is 66.7 Å². The van der Waals surface area contributed by atoms with E-state index in [2.05, 4.69) is 20.7 Å². The minimum Gasteiger partial charge on any atom is -0.368 e. The van der Waals surface area contributed by atoms with Crippen molar-refractivity contribution in [1.82, 2.24) is 24.9 Å². The second-order valence-corrected chi connectivity index (χ2v) is 7.46. The lowest BCUT2D eigenvalue weighted by Crippen LogP contribution is -2.29. The first-order valence-electron chi connectivity index (χ1n) is 10.7. The van der Waals surface area contributed by atoms with Crippen molar-refractivity contribution in [3.8, 4) is 22.5 Å². The summed E-state index contributed by atoms with van der Waals surface area (Å²) < 4.78 is 1.73. The number of benzene rings is 2. The maximum absolute atomic E-state index is 12.8. The maximum Gasteiger partial charge on any atom is 0.271 e. The summed E-state index contributed by atoms with van der Waals surface area (Å²) in [5.41, 5.74) is 4.64. The highest BCUT2D eigenvalue weighted by molar-refractivity contribution is 5.93. The number of aromatic nitrogens is 4. The summed E-state index contributed by atoms with van der Waals surface area (Å²) in [7, 11) is 0. The van der Waals surface area contributed by atoms with Gasteiger partial charge in [-0.3, -0.25) is 4.79 Å². The van der Waals surface area contributed by atoms with Crippen LogP contribution < -0.4 is 10.6 Å². The van der Waals surface area contributed by atoms with E-state index in [1.807, 2.05) is 84.9 Å². The zero-order chi connectivity index (χ0) is 22.5. The molecule has 3 aromatic heterocycles. The van der Waals surface area contributed by atoms with Gasteiger partial charge in [0.1, 0.15) is 5.82 Å². The number of carbonyl (C=O) groups excluding carboxylic acids is 1. The van der Waals surface area contributed by atoms with E-state index in [9.17, 15) is 4.79 Å². The first-order chi connectivity index (χ1) is 16.3. The SMILES string of the molecule is O=C(NCCNc1ccccn1)c1cc2nc(-c3ccccc3)cc(-c3ccccc3)n2n1. The van der Waals surface area contributed by atoms with Crippen molar-refractivity contribution in [3.63, 3.8) is 0 Å². The highest BCUT2D eigenvalue weighted by Gasteiger charge is 2.16. The van der Waals surface area contributed by atoms with E-state index in [1.165, 1.54) is 0 Å². The van der Waals surface area contributed by atoms with Crippen molar-refractivity contribution in [3.05, 3.63) is 103 Å². The standard InChI is InChI=1S/C26H22N6O/c33-26(29-16-15-28-24-13-7-8-14-27-24)22-18-25-30-21(19-9-3-1-4-10-19)17-23(32(25)31-22)20-11-5-2-6-12-20/h1-14,17-18H,15-16H2,(H,27,28)(H,29,33). The largest absolute Gasteiger partial charge is 0.368 e. The van der Waals surface area contributed by atoms with Crippen LogP contribution in [0.1, 0.15) is 10.5 Å². The Morgan fingerprint density at radius 3 is 2.27 bits per heavy atom. The number of nitrogens with zero attached hydrogens (tertiary/aromatic N) is 4. The molecule has 0 fully saturated rings. The van der Waals surface area contributed by atoms with E-state index in [0.29, 0.717) is 24.4 Å². The van der Waals surface area contributed by atoms with E-state index in [4.69, 9.17) is 4.98 Å². The second-order valence-electron chi connectivity index (χ2n) is 7.46. The second kappa shape index (κ2) is 9.32. The van der Waals surface area contributed by atoms with E-state index < -0.39 is 0 Å². The van der Waals surface area contributed by atoms with Crippen LogP contribution in [0.15, 0.2) is 97.2 Å². The van der Waals surface area contributed by atoms with E-state index in [1.54, 1.807) is 16.8 Å². The van der Waals surface area contributed by atoms with Crippen LogP contribution in [-0.4, -0.2) is 38.6 Å². The van der Waals surface area contributed by atoms with Gasteiger partial charge >= 0.3 is 0 Å². The Hall–Kier alpha value is -4.52. The minimum atomic E-state index is -0.247. The Morgan fingerprint density at radius 2 is 1.55 bits per heavy atom. The van der Waals surface area contributed by atoms with Crippen LogP contribution in [0.5, 0.6) is 0 Å². The van der Waals surface area contributed by atoms with Gasteiger partial charge in [0.2, 0.25) is 0 Å². The zero-order valence-electron chi connectivity index (χ0n) is 17.8.